The lowest BCUT2D eigenvalue weighted by molar-refractivity contribution is -0.500. The van der Waals surface area contributed by atoms with Crippen molar-refractivity contribution in [3.63, 3.8) is 0 Å². The van der Waals surface area contributed by atoms with Crippen LogP contribution in [0.5, 0.6) is 0 Å². The summed E-state index contributed by atoms with van der Waals surface area (Å²) >= 11 is 1.96. The summed E-state index contributed by atoms with van der Waals surface area (Å²) in [5.74, 6) is 1.22. The van der Waals surface area contributed by atoms with Crippen LogP contribution >= 0.6 is 11.9 Å². The first-order chi connectivity index (χ1) is 11.8. The van der Waals surface area contributed by atoms with Crippen molar-refractivity contribution >= 4 is 22.7 Å². The molecular weight excluding hydrogens is 310 g/mol. The molecule has 2 rings (SSSR count). The third-order valence-electron chi connectivity index (χ3n) is 4.69. The Hall–Kier alpha value is -1.02. The largest absolute Gasteiger partial charge is 0.193 e. The summed E-state index contributed by atoms with van der Waals surface area (Å²) in [4.78, 5) is 0. The van der Waals surface area contributed by atoms with Crippen molar-refractivity contribution in [1.82, 2.24) is 0 Å². The van der Waals surface area contributed by atoms with Crippen molar-refractivity contribution in [2.24, 2.45) is 0 Å². The molecule has 2 heteroatoms. The maximum absolute atomic E-state index is 2.34. The number of hydrogen-bond acceptors (Lipinski definition) is 1. The number of rotatable bonds is 12. The fourth-order valence-corrected chi connectivity index (χ4v) is 4.14. The third kappa shape index (κ3) is 6.84. The third-order valence-corrected chi connectivity index (χ3v) is 5.84. The molecule has 0 aliphatic rings. The van der Waals surface area contributed by atoms with Crippen molar-refractivity contribution in [2.45, 2.75) is 78.1 Å². The molecule has 0 radical (unpaired) electrons. The first-order valence-electron chi connectivity index (χ1n) is 9.85. The molecule has 1 heterocycles. The standard InChI is InChI=1S/C22H34NS/c1-3-4-5-6-7-8-9-10-11-14-17-24-23-19-22-16-13-12-15-21(22)18-20(23)2/h12-13,15-16,18-19H,3-11,14,17H2,1-2H3/q+1. The maximum atomic E-state index is 2.34. The molecule has 0 bridgehead atoms. The van der Waals surface area contributed by atoms with Gasteiger partial charge in [0.15, 0.2) is 23.8 Å². The summed E-state index contributed by atoms with van der Waals surface area (Å²) in [6, 6.07) is 10.9. The number of hydrogen-bond donors (Lipinski definition) is 0. The van der Waals surface area contributed by atoms with E-state index in [1.807, 2.05) is 11.9 Å². The van der Waals surface area contributed by atoms with Crippen molar-refractivity contribution in [2.75, 3.05) is 5.75 Å². The zero-order valence-electron chi connectivity index (χ0n) is 15.6. The van der Waals surface area contributed by atoms with Crippen LogP contribution in [0.25, 0.3) is 10.8 Å². The zero-order valence-corrected chi connectivity index (χ0v) is 16.4. The molecule has 24 heavy (non-hydrogen) atoms. The van der Waals surface area contributed by atoms with Gasteiger partial charge in [-0.05, 0) is 17.9 Å². The van der Waals surface area contributed by atoms with Crippen LogP contribution in [0.4, 0.5) is 0 Å². The van der Waals surface area contributed by atoms with Gasteiger partial charge in [-0.1, -0.05) is 82.9 Å². The number of fused-ring (bicyclic) bond motifs is 1. The van der Waals surface area contributed by atoms with Crippen molar-refractivity contribution in [3.05, 3.63) is 42.2 Å². The van der Waals surface area contributed by atoms with Gasteiger partial charge >= 0.3 is 0 Å². The second kappa shape index (κ2) is 11.5. The lowest BCUT2D eigenvalue weighted by Gasteiger charge is -2.02. The van der Waals surface area contributed by atoms with E-state index in [0.717, 1.165) is 0 Å². The number of nitrogens with zero attached hydrogens (tertiary/aromatic N) is 1. The second-order valence-electron chi connectivity index (χ2n) is 6.88. The monoisotopic (exact) mass is 344 g/mol. The highest BCUT2D eigenvalue weighted by Gasteiger charge is 2.10. The quantitative estimate of drug-likeness (QED) is 0.301. The maximum Gasteiger partial charge on any atom is 0.193 e. The Morgan fingerprint density at radius 3 is 2.04 bits per heavy atom. The van der Waals surface area contributed by atoms with Gasteiger partial charge in [0.05, 0.1) is 5.75 Å². The van der Waals surface area contributed by atoms with E-state index >= 15 is 0 Å². The van der Waals surface area contributed by atoms with Gasteiger partial charge in [-0.3, -0.25) is 0 Å². The molecule has 0 aliphatic carbocycles. The molecule has 1 aromatic heterocycles. The number of pyridine rings is 1. The van der Waals surface area contributed by atoms with E-state index in [2.05, 4.69) is 54.3 Å². The lowest BCUT2D eigenvalue weighted by atomic mass is 10.1. The van der Waals surface area contributed by atoms with E-state index in [4.69, 9.17) is 0 Å². The predicted molar refractivity (Wildman–Crippen MR) is 109 cm³/mol. The summed E-state index contributed by atoms with van der Waals surface area (Å²) < 4.78 is 2.34. The molecule has 0 saturated carbocycles. The van der Waals surface area contributed by atoms with Crippen LogP contribution in [0.1, 0.15) is 76.8 Å². The highest BCUT2D eigenvalue weighted by molar-refractivity contribution is 7.92. The van der Waals surface area contributed by atoms with Crippen LogP contribution in [0.2, 0.25) is 0 Å². The molecule has 132 valence electrons. The van der Waals surface area contributed by atoms with Gasteiger partial charge in [0.25, 0.3) is 0 Å². The fraction of sp³-hybridized carbons (Fsp3) is 0.591. The number of aryl methyl sites for hydroxylation is 1. The average Bonchev–Trinajstić information content (AvgIpc) is 2.60. The van der Waals surface area contributed by atoms with Gasteiger partial charge in [0.2, 0.25) is 0 Å². The fourth-order valence-electron chi connectivity index (χ4n) is 3.17. The Bertz CT molecular complexity index is 594. The van der Waals surface area contributed by atoms with Gasteiger partial charge in [-0.15, -0.1) is 3.97 Å². The Kier molecular flexibility index (Phi) is 9.27. The van der Waals surface area contributed by atoms with Crippen molar-refractivity contribution < 1.29 is 3.97 Å². The van der Waals surface area contributed by atoms with E-state index in [1.165, 1.54) is 86.4 Å². The predicted octanol–water partition coefficient (Wildman–Crippen LogP) is 6.85. The van der Waals surface area contributed by atoms with Gasteiger partial charge in [0.1, 0.15) is 0 Å². The van der Waals surface area contributed by atoms with Crippen molar-refractivity contribution in [3.8, 4) is 0 Å². The molecule has 2 aromatic rings. The summed E-state index contributed by atoms with van der Waals surface area (Å²) in [7, 11) is 0. The smallest absolute Gasteiger partial charge is 0.131 e. The first-order valence-corrected chi connectivity index (χ1v) is 10.8. The van der Waals surface area contributed by atoms with Crippen LogP contribution in [0.15, 0.2) is 36.5 Å². The summed E-state index contributed by atoms with van der Waals surface area (Å²) in [5, 5.41) is 2.67. The molecular formula is C22H34NS+. The molecule has 1 nitrogen and oxygen atoms in total. The molecule has 0 N–H and O–H groups in total. The summed E-state index contributed by atoms with van der Waals surface area (Å²) in [5.41, 5.74) is 1.34. The van der Waals surface area contributed by atoms with Crippen LogP contribution < -0.4 is 3.97 Å². The topological polar surface area (TPSA) is 3.88 Å². The van der Waals surface area contributed by atoms with E-state index in [1.54, 1.807) is 0 Å². The second-order valence-corrected chi connectivity index (χ2v) is 7.94. The molecule has 0 amide bonds. The first kappa shape index (κ1) is 19.3. The Morgan fingerprint density at radius 1 is 0.792 bits per heavy atom. The molecule has 1 aromatic carbocycles. The van der Waals surface area contributed by atoms with E-state index in [9.17, 15) is 0 Å². The zero-order chi connectivity index (χ0) is 17.0. The summed E-state index contributed by atoms with van der Waals surface area (Å²) in [6.45, 7) is 4.49. The van der Waals surface area contributed by atoms with Gasteiger partial charge in [-0.2, -0.15) is 0 Å². The van der Waals surface area contributed by atoms with Gasteiger partial charge in [-0.25, -0.2) is 0 Å². The average molecular weight is 345 g/mol. The molecule has 0 spiro atoms. The Balaban J connectivity index is 1.57. The number of aromatic nitrogens is 1. The van der Waals surface area contributed by atoms with Gasteiger partial charge in [0, 0.05) is 18.4 Å². The minimum absolute atomic E-state index is 1.22. The van der Waals surface area contributed by atoms with Crippen LogP contribution in [0.3, 0.4) is 0 Å². The van der Waals surface area contributed by atoms with Gasteiger partial charge < -0.3 is 0 Å². The van der Waals surface area contributed by atoms with E-state index in [0.29, 0.717) is 0 Å². The highest BCUT2D eigenvalue weighted by atomic mass is 32.2. The lowest BCUT2D eigenvalue weighted by Crippen LogP contribution is -2.29. The van der Waals surface area contributed by atoms with E-state index < -0.39 is 0 Å². The van der Waals surface area contributed by atoms with Crippen molar-refractivity contribution in [1.29, 1.82) is 0 Å². The Morgan fingerprint density at radius 2 is 1.38 bits per heavy atom. The molecule has 0 saturated heterocycles. The molecule has 0 unspecified atom stereocenters. The SMILES string of the molecule is CCCCCCCCCCCCS[n+]1cc2ccccc2cc1C. The molecule has 0 atom stereocenters. The number of unbranched alkanes of at least 4 members (excludes halogenated alkanes) is 9. The minimum Gasteiger partial charge on any atom is -0.131 e. The Labute approximate surface area is 153 Å². The highest BCUT2D eigenvalue weighted by Crippen LogP contribution is 2.15. The number of benzene rings is 1. The normalized spacial score (nSPS) is 11.2. The van der Waals surface area contributed by atoms with Crippen LogP contribution in [-0.2, 0) is 0 Å². The van der Waals surface area contributed by atoms with E-state index in [-0.39, 0.29) is 0 Å². The van der Waals surface area contributed by atoms with Crippen LogP contribution in [-0.4, -0.2) is 5.75 Å². The van der Waals surface area contributed by atoms with Crippen LogP contribution in [0, 0.1) is 6.92 Å². The summed E-state index contributed by atoms with van der Waals surface area (Å²) in [6.07, 6.45) is 16.4. The molecule has 0 fully saturated rings. The molecule has 0 aliphatic heterocycles. The minimum atomic E-state index is 1.22.